The Labute approximate surface area is 82.7 Å². The minimum absolute atomic E-state index is 0.262. The molecule has 0 N–H and O–H groups in total. The van der Waals surface area contributed by atoms with E-state index < -0.39 is 0 Å². The molecule has 0 aromatic carbocycles. The van der Waals surface area contributed by atoms with Crippen LogP contribution in [0.1, 0.15) is 33.1 Å². The summed E-state index contributed by atoms with van der Waals surface area (Å²) in [5.41, 5.74) is 0.680. The lowest BCUT2D eigenvalue weighted by atomic mass is 10.1. The fourth-order valence-corrected chi connectivity index (χ4v) is 1.27. The number of allylic oxidation sites excluding steroid dienone is 1. The van der Waals surface area contributed by atoms with E-state index in [1.807, 2.05) is 6.92 Å². The molecule has 13 heavy (non-hydrogen) atoms. The molecular formula is C9H18O3Si. The third kappa shape index (κ3) is 4.12. The first kappa shape index (κ1) is 12.2. The van der Waals surface area contributed by atoms with Gasteiger partial charge in [-0.15, -0.1) is 0 Å². The lowest BCUT2D eigenvalue weighted by Gasteiger charge is -2.09. The number of esters is 1. The van der Waals surface area contributed by atoms with Crippen molar-refractivity contribution >= 4 is 16.5 Å². The van der Waals surface area contributed by atoms with Crippen LogP contribution in [0.5, 0.6) is 0 Å². The van der Waals surface area contributed by atoms with Crippen LogP contribution >= 0.6 is 0 Å². The first-order chi connectivity index (χ1) is 6.17. The number of methoxy groups -OCH3 is 1. The van der Waals surface area contributed by atoms with Gasteiger partial charge in [-0.1, -0.05) is 13.3 Å². The van der Waals surface area contributed by atoms with E-state index in [-0.39, 0.29) is 5.97 Å². The molecule has 0 rings (SSSR count). The third-order valence-electron chi connectivity index (χ3n) is 1.94. The van der Waals surface area contributed by atoms with Crippen LogP contribution in [0.2, 0.25) is 0 Å². The van der Waals surface area contributed by atoms with Gasteiger partial charge in [0.1, 0.15) is 0 Å². The molecular weight excluding hydrogens is 184 g/mol. The van der Waals surface area contributed by atoms with Crippen LogP contribution < -0.4 is 0 Å². The van der Waals surface area contributed by atoms with E-state index in [0.717, 1.165) is 19.3 Å². The van der Waals surface area contributed by atoms with Gasteiger partial charge in [-0.2, -0.15) is 0 Å². The van der Waals surface area contributed by atoms with Gasteiger partial charge in [0.05, 0.1) is 18.4 Å². The standard InChI is InChI=1S/C9H18O3Si/c1-4-5-6-8(7(2)12-13)9(10)11-3/h4-6H2,1-3,13H3. The summed E-state index contributed by atoms with van der Waals surface area (Å²) in [4.78, 5) is 11.3. The van der Waals surface area contributed by atoms with E-state index in [9.17, 15) is 4.79 Å². The average Bonchev–Trinajstić information content (AvgIpc) is 2.17. The highest BCUT2D eigenvalue weighted by Crippen LogP contribution is 2.14. The Kier molecular flexibility index (Phi) is 6.31. The zero-order valence-electron chi connectivity index (χ0n) is 8.85. The van der Waals surface area contributed by atoms with Gasteiger partial charge in [0, 0.05) is 0 Å². The van der Waals surface area contributed by atoms with Crippen LogP contribution in [-0.2, 0) is 14.0 Å². The van der Waals surface area contributed by atoms with Gasteiger partial charge in [0.15, 0.2) is 0 Å². The van der Waals surface area contributed by atoms with Crippen molar-refractivity contribution in [2.45, 2.75) is 33.1 Å². The molecule has 0 saturated carbocycles. The highest BCUT2D eigenvalue weighted by molar-refractivity contribution is 5.99. The SMILES string of the molecule is CCCCC(C(=O)OC)=C(C)O[SiH3]. The second-order valence-electron chi connectivity index (χ2n) is 2.83. The van der Waals surface area contributed by atoms with Crippen LogP contribution in [-0.4, -0.2) is 23.6 Å². The second kappa shape index (κ2) is 6.71. The van der Waals surface area contributed by atoms with Gasteiger partial charge in [-0.3, -0.25) is 0 Å². The summed E-state index contributed by atoms with van der Waals surface area (Å²) in [5.74, 6) is 0.453. The molecule has 0 amide bonds. The van der Waals surface area contributed by atoms with Gasteiger partial charge >= 0.3 is 5.97 Å². The number of hydrogen-bond donors (Lipinski definition) is 0. The molecule has 4 heteroatoms. The topological polar surface area (TPSA) is 35.5 Å². The predicted octanol–water partition coefficient (Wildman–Crippen LogP) is 0.921. The first-order valence-corrected chi connectivity index (χ1v) is 5.31. The fraction of sp³-hybridized carbons (Fsp3) is 0.667. The maximum absolute atomic E-state index is 11.3. The molecule has 0 aromatic heterocycles. The molecule has 0 heterocycles. The molecule has 0 aromatic rings. The predicted molar refractivity (Wildman–Crippen MR) is 55.3 cm³/mol. The van der Waals surface area contributed by atoms with Gasteiger partial charge in [0.25, 0.3) is 0 Å². The second-order valence-corrected chi connectivity index (χ2v) is 3.24. The van der Waals surface area contributed by atoms with Gasteiger partial charge in [-0.05, 0) is 19.8 Å². The number of ether oxygens (including phenoxy) is 1. The molecule has 0 aliphatic carbocycles. The van der Waals surface area contributed by atoms with E-state index in [1.54, 1.807) is 0 Å². The Morgan fingerprint density at radius 3 is 2.46 bits per heavy atom. The Morgan fingerprint density at radius 1 is 1.46 bits per heavy atom. The van der Waals surface area contributed by atoms with E-state index in [4.69, 9.17) is 4.43 Å². The molecule has 0 spiro atoms. The molecule has 0 atom stereocenters. The molecule has 0 bridgehead atoms. The Balaban J connectivity index is 4.45. The van der Waals surface area contributed by atoms with Crippen molar-refractivity contribution in [3.8, 4) is 0 Å². The maximum atomic E-state index is 11.3. The molecule has 3 nitrogen and oxygen atoms in total. The van der Waals surface area contributed by atoms with Gasteiger partial charge in [0.2, 0.25) is 10.5 Å². The Morgan fingerprint density at radius 2 is 2.08 bits per heavy atom. The van der Waals surface area contributed by atoms with Crippen molar-refractivity contribution in [2.75, 3.05) is 7.11 Å². The van der Waals surface area contributed by atoms with Crippen molar-refractivity contribution in [1.29, 1.82) is 0 Å². The fourth-order valence-electron chi connectivity index (χ4n) is 1.02. The van der Waals surface area contributed by atoms with E-state index in [2.05, 4.69) is 11.7 Å². The number of carbonyl (C=O) groups excluding carboxylic acids is 1. The van der Waals surface area contributed by atoms with Crippen LogP contribution in [0.3, 0.4) is 0 Å². The van der Waals surface area contributed by atoms with Crippen molar-refractivity contribution in [1.82, 2.24) is 0 Å². The molecule has 0 saturated heterocycles. The minimum Gasteiger partial charge on any atom is -0.556 e. The molecule has 0 aliphatic rings. The lowest BCUT2D eigenvalue weighted by Crippen LogP contribution is -2.08. The Hall–Kier alpha value is -0.773. The van der Waals surface area contributed by atoms with Gasteiger partial charge in [-0.25, -0.2) is 4.79 Å². The van der Waals surface area contributed by atoms with Crippen molar-refractivity contribution < 1.29 is 14.0 Å². The summed E-state index contributed by atoms with van der Waals surface area (Å²) in [6.07, 6.45) is 2.80. The maximum Gasteiger partial charge on any atom is 0.337 e. The van der Waals surface area contributed by atoms with Gasteiger partial charge < -0.3 is 9.16 Å². The summed E-state index contributed by atoms with van der Waals surface area (Å²) in [6, 6.07) is 0. The average molecular weight is 202 g/mol. The van der Waals surface area contributed by atoms with Crippen molar-refractivity contribution in [3.05, 3.63) is 11.3 Å². The van der Waals surface area contributed by atoms with Crippen molar-refractivity contribution in [3.63, 3.8) is 0 Å². The highest BCUT2D eigenvalue weighted by atomic mass is 28.2. The normalized spacial score (nSPS) is 12.2. The molecule has 0 aliphatic heterocycles. The first-order valence-electron chi connectivity index (χ1n) is 4.49. The minimum atomic E-state index is -0.262. The number of unbranched alkanes of at least 4 members (excludes halogenated alkanes) is 1. The third-order valence-corrected chi connectivity index (χ3v) is 2.56. The van der Waals surface area contributed by atoms with Crippen LogP contribution in [0.25, 0.3) is 0 Å². The van der Waals surface area contributed by atoms with E-state index >= 15 is 0 Å². The Bertz CT molecular complexity index is 199. The number of carbonyl (C=O) groups is 1. The summed E-state index contributed by atoms with van der Waals surface area (Å²) in [5, 5.41) is 0. The summed E-state index contributed by atoms with van der Waals surface area (Å²) < 4.78 is 9.82. The summed E-state index contributed by atoms with van der Waals surface area (Å²) in [6.45, 7) is 3.90. The molecule has 76 valence electrons. The molecule has 0 unspecified atom stereocenters. The zero-order valence-corrected chi connectivity index (χ0v) is 10.8. The largest absolute Gasteiger partial charge is 0.556 e. The van der Waals surface area contributed by atoms with Crippen LogP contribution in [0.15, 0.2) is 11.3 Å². The van der Waals surface area contributed by atoms with Crippen molar-refractivity contribution in [2.24, 2.45) is 0 Å². The summed E-state index contributed by atoms with van der Waals surface area (Å²) in [7, 11) is 2.01. The smallest absolute Gasteiger partial charge is 0.337 e. The van der Waals surface area contributed by atoms with E-state index in [1.165, 1.54) is 7.11 Å². The monoisotopic (exact) mass is 202 g/mol. The highest BCUT2D eigenvalue weighted by Gasteiger charge is 2.12. The van der Waals surface area contributed by atoms with Crippen LogP contribution in [0, 0.1) is 0 Å². The number of rotatable bonds is 5. The quantitative estimate of drug-likeness (QED) is 0.288. The van der Waals surface area contributed by atoms with Crippen LogP contribution in [0.4, 0.5) is 0 Å². The lowest BCUT2D eigenvalue weighted by molar-refractivity contribution is -0.136. The summed E-state index contributed by atoms with van der Waals surface area (Å²) >= 11 is 0. The zero-order chi connectivity index (χ0) is 10.3. The molecule has 0 fully saturated rings. The van der Waals surface area contributed by atoms with E-state index in [0.29, 0.717) is 21.8 Å². The molecule has 0 radical (unpaired) electrons. The number of hydrogen-bond acceptors (Lipinski definition) is 3.